The van der Waals surface area contributed by atoms with E-state index in [1.54, 1.807) is 45.0 Å². The fraction of sp³-hybridized carbons (Fsp3) is 0.467. The van der Waals surface area contributed by atoms with Gasteiger partial charge in [0.05, 0.1) is 11.7 Å². The standard InChI is InChI=1S/C15H20O4/c1-10(16)9-19-14(18)12-8-6-5-7-11(12)13(17)15(2,3)4/h5-8,10,16H,9H2,1-4H3. The van der Waals surface area contributed by atoms with Crippen LogP contribution >= 0.6 is 0 Å². The van der Waals surface area contributed by atoms with E-state index in [0.29, 0.717) is 5.56 Å². The number of aliphatic hydroxyl groups is 1. The van der Waals surface area contributed by atoms with Gasteiger partial charge >= 0.3 is 5.97 Å². The summed E-state index contributed by atoms with van der Waals surface area (Å²) in [5, 5.41) is 9.11. The molecular formula is C15H20O4. The minimum atomic E-state index is -0.727. The monoisotopic (exact) mass is 264 g/mol. The molecule has 1 N–H and O–H groups in total. The molecule has 0 amide bonds. The Balaban J connectivity index is 3.03. The van der Waals surface area contributed by atoms with Crippen LogP contribution in [0.15, 0.2) is 24.3 Å². The van der Waals surface area contributed by atoms with Crippen LogP contribution in [0.3, 0.4) is 0 Å². The summed E-state index contributed by atoms with van der Waals surface area (Å²) in [6, 6.07) is 6.57. The molecule has 0 aliphatic carbocycles. The summed E-state index contributed by atoms with van der Waals surface area (Å²) in [6.45, 7) is 6.84. The molecule has 0 heterocycles. The molecule has 0 saturated heterocycles. The lowest BCUT2D eigenvalue weighted by molar-refractivity contribution is 0.0294. The topological polar surface area (TPSA) is 63.6 Å². The number of hydrogen-bond donors (Lipinski definition) is 1. The first kappa shape index (κ1) is 15.4. The molecule has 0 bridgehead atoms. The van der Waals surface area contributed by atoms with Gasteiger partial charge in [0, 0.05) is 11.0 Å². The Kier molecular flexibility index (Phi) is 4.84. The van der Waals surface area contributed by atoms with E-state index >= 15 is 0 Å². The summed E-state index contributed by atoms with van der Waals surface area (Å²) in [5.74, 6) is -0.703. The van der Waals surface area contributed by atoms with Gasteiger partial charge in [-0.15, -0.1) is 0 Å². The summed E-state index contributed by atoms with van der Waals surface area (Å²) in [5.41, 5.74) is 0.0226. The van der Waals surface area contributed by atoms with E-state index in [0.717, 1.165) is 0 Å². The highest BCUT2D eigenvalue weighted by Gasteiger charge is 2.27. The van der Waals surface area contributed by atoms with Crippen LogP contribution in [0.4, 0.5) is 0 Å². The quantitative estimate of drug-likeness (QED) is 0.670. The molecule has 0 radical (unpaired) electrons. The number of carbonyl (C=O) groups is 2. The van der Waals surface area contributed by atoms with Crippen molar-refractivity contribution in [1.82, 2.24) is 0 Å². The maximum absolute atomic E-state index is 12.3. The molecule has 0 aliphatic rings. The van der Waals surface area contributed by atoms with E-state index in [4.69, 9.17) is 9.84 Å². The highest BCUT2D eigenvalue weighted by Crippen LogP contribution is 2.23. The van der Waals surface area contributed by atoms with Crippen molar-refractivity contribution < 1.29 is 19.4 Å². The molecule has 0 aromatic heterocycles. The van der Waals surface area contributed by atoms with Crippen LogP contribution in [-0.4, -0.2) is 29.6 Å². The summed E-state index contributed by atoms with van der Waals surface area (Å²) >= 11 is 0. The average molecular weight is 264 g/mol. The zero-order valence-corrected chi connectivity index (χ0v) is 11.8. The number of benzene rings is 1. The lowest BCUT2D eigenvalue weighted by Crippen LogP contribution is -2.24. The Morgan fingerprint density at radius 3 is 2.21 bits per heavy atom. The molecule has 1 aromatic carbocycles. The van der Waals surface area contributed by atoms with E-state index in [1.165, 1.54) is 6.92 Å². The van der Waals surface area contributed by atoms with Gasteiger partial charge < -0.3 is 9.84 Å². The average Bonchev–Trinajstić information content (AvgIpc) is 2.33. The molecule has 19 heavy (non-hydrogen) atoms. The van der Waals surface area contributed by atoms with Gasteiger partial charge in [-0.25, -0.2) is 4.79 Å². The second-order valence-corrected chi connectivity index (χ2v) is 5.57. The van der Waals surface area contributed by atoms with E-state index in [2.05, 4.69) is 0 Å². The van der Waals surface area contributed by atoms with Gasteiger partial charge in [-0.2, -0.15) is 0 Å². The zero-order chi connectivity index (χ0) is 14.6. The molecule has 1 aromatic rings. The minimum absolute atomic E-state index is 0.0864. The number of esters is 1. The SMILES string of the molecule is CC(O)COC(=O)c1ccccc1C(=O)C(C)(C)C. The number of aliphatic hydroxyl groups excluding tert-OH is 1. The van der Waals surface area contributed by atoms with Gasteiger partial charge in [0.15, 0.2) is 5.78 Å². The maximum atomic E-state index is 12.3. The molecule has 1 atom stereocenters. The summed E-state index contributed by atoms with van der Waals surface area (Å²) in [6.07, 6.45) is -0.727. The smallest absolute Gasteiger partial charge is 0.338 e. The maximum Gasteiger partial charge on any atom is 0.338 e. The van der Waals surface area contributed by atoms with E-state index in [1.807, 2.05) is 0 Å². The highest BCUT2D eigenvalue weighted by atomic mass is 16.5. The molecule has 0 aliphatic heterocycles. The number of Topliss-reactive ketones (excluding diaryl/α,β-unsaturated/α-hetero) is 1. The van der Waals surface area contributed by atoms with Crippen LogP contribution in [0.25, 0.3) is 0 Å². The van der Waals surface area contributed by atoms with Gasteiger partial charge in [0.25, 0.3) is 0 Å². The first-order valence-corrected chi connectivity index (χ1v) is 6.22. The van der Waals surface area contributed by atoms with E-state index < -0.39 is 17.5 Å². The van der Waals surface area contributed by atoms with Crippen molar-refractivity contribution in [3.63, 3.8) is 0 Å². The van der Waals surface area contributed by atoms with Gasteiger partial charge in [0.1, 0.15) is 6.61 Å². The van der Waals surface area contributed by atoms with Crippen molar-refractivity contribution in [3.8, 4) is 0 Å². The first-order chi connectivity index (χ1) is 8.73. The van der Waals surface area contributed by atoms with Gasteiger partial charge in [-0.1, -0.05) is 39.0 Å². The van der Waals surface area contributed by atoms with Gasteiger partial charge in [-0.05, 0) is 13.0 Å². The normalized spacial score (nSPS) is 12.9. The lowest BCUT2D eigenvalue weighted by Gasteiger charge is -2.18. The molecule has 4 heteroatoms. The number of ketones is 1. The van der Waals surface area contributed by atoms with Crippen molar-refractivity contribution in [2.75, 3.05) is 6.61 Å². The van der Waals surface area contributed by atoms with Crippen molar-refractivity contribution in [1.29, 1.82) is 0 Å². The fourth-order valence-electron chi connectivity index (χ4n) is 1.54. The van der Waals surface area contributed by atoms with Crippen molar-refractivity contribution >= 4 is 11.8 Å². The summed E-state index contributed by atoms with van der Waals surface area (Å²) < 4.78 is 4.95. The highest BCUT2D eigenvalue weighted by molar-refractivity contribution is 6.08. The largest absolute Gasteiger partial charge is 0.459 e. The van der Waals surface area contributed by atoms with Gasteiger partial charge in [0.2, 0.25) is 0 Å². The predicted molar refractivity (Wildman–Crippen MR) is 72.2 cm³/mol. The Hall–Kier alpha value is -1.68. The number of carbonyl (C=O) groups excluding carboxylic acids is 2. The molecule has 0 fully saturated rings. The Labute approximate surface area is 113 Å². The van der Waals surface area contributed by atoms with Crippen LogP contribution < -0.4 is 0 Å². The van der Waals surface area contributed by atoms with Crippen LogP contribution in [0, 0.1) is 5.41 Å². The minimum Gasteiger partial charge on any atom is -0.459 e. The second kappa shape index (κ2) is 5.97. The molecule has 1 unspecified atom stereocenters. The van der Waals surface area contributed by atoms with Crippen molar-refractivity contribution in [3.05, 3.63) is 35.4 Å². The fourth-order valence-corrected chi connectivity index (χ4v) is 1.54. The van der Waals surface area contributed by atoms with Crippen LogP contribution in [-0.2, 0) is 4.74 Å². The second-order valence-electron chi connectivity index (χ2n) is 5.57. The van der Waals surface area contributed by atoms with Crippen molar-refractivity contribution in [2.24, 2.45) is 5.41 Å². The Morgan fingerprint density at radius 1 is 1.21 bits per heavy atom. The van der Waals surface area contributed by atoms with Gasteiger partial charge in [-0.3, -0.25) is 4.79 Å². The third-order valence-electron chi connectivity index (χ3n) is 2.53. The number of ether oxygens (including phenoxy) is 1. The van der Waals surface area contributed by atoms with Crippen LogP contribution in [0.5, 0.6) is 0 Å². The molecule has 1 rings (SSSR count). The van der Waals surface area contributed by atoms with E-state index in [-0.39, 0.29) is 18.0 Å². The molecule has 104 valence electrons. The number of hydrogen-bond acceptors (Lipinski definition) is 4. The summed E-state index contributed by atoms with van der Waals surface area (Å²) in [7, 11) is 0. The number of rotatable bonds is 4. The molecule has 4 nitrogen and oxygen atoms in total. The first-order valence-electron chi connectivity index (χ1n) is 6.22. The Morgan fingerprint density at radius 2 is 1.74 bits per heavy atom. The van der Waals surface area contributed by atoms with Crippen LogP contribution in [0.2, 0.25) is 0 Å². The molecule has 0 saturated carbocycles. The third-order valence-corrected chi connectivity index (χ3v) is 2.53. The van der Waals surface area contributed by atoms with Crippen LogP contribution in [0.1, 0.15) is 48.4 Å². The zero-order valence-electron chi connectivity index (χ0n) is 11.8. The van der Waals surface area contributed by atoms with Crippen molar-refractivity contribution in [2.45, 2.75) is 33.8 Å². The molecule has 0 spiro atoms. The predicted octanol–water partition coefficient (Wildman–Crippen LogP) is 2.45. The molecular weight excluding hydrogens is 244 g/mol. The summed E-state index contributed by atoms with van der Waals surface area (Å²) in [4.78, 5) is 24.2. The lowest BCUT2D eigenvalue weighted by atomic mass is 9.85. The third kappa shape index (κ3) is 4.17. The Bertz CT molecular complexity index is 469. The van der Waals surface area contributed by atoms with E-state index in [9.17, 15) is 9.59 Å².